The molecule has 0 aliphatic heterocycles. The van der Waals surface area contributed by atoms with Gasteiger partial charge in [0, 0.05) is 19.8 Å². The quantitative estimate of drug-likeness (QED) is 0.795. The van der Waals surface area contributed by atoms with Crippen LogP contribution in [0.15, 0.2) is 18.2 Å². The molecule has 0 fully saturated rings. The zero-order chi connectivity index (χ0) is 13.2. The van der Waals surface area contributed by atoms with Gasteiger partial charge < -0.3 is 5.32 Å². The average molecular weight is 234 g/mol. The summed E-state index contributed by atoms with van der Waals surface area (Å²) < 4.78 is 0. The fourth-order valence-electron chi connectivity index (χ4n) is 1.71. The van der Waals surface area contributed by atoms with Gasteiger partial charge in [-0.05, 0) is 29.5 Å². The molecule has 0 saturated carbocycles. The number of carbonyl (C=O) groups is 1. The third-order valence-corrected chi connectivity index (χ3v) is 2.96. The maximum atomic E-state index is 11.6. The van der Waals surface area contributed by atoms with Gasteiger partial charge in [-0.3, -0.25) is 4.90 Å². The number of hydrogen-bond acceptors (Lipinski definition) is 1. The average Bonchev–Trinajstić information content (AvgIpc) is 2.26. The molecule has 0 aromatic heterocycles. The molecule has 1 aromatic carbocycles. The fraction of sp³-hybridized carbons (Fsp3) is 0.500. The van der Waals surface area contributed by atoms with Crippen molar-refractivity contribution in [2.75, 3.05) is 19.0 Å². The highest BCUT2D eigenvalue weighted by Crippen LogP contribution is 2.28. The molecule has 3 heteroatoms. The van der Waals surface area contributed by atoms with Crippen molar-refractivity contribution >= 4 is 11.7 Å². The van der Waals surface area contributed by atoms with Crippen LogP contribution < -0.4 is 10.2 Å². The normalized spacial score (nSPS) is 11.2. The lowest BCUT2D eigenvalue weighted by atomic mass is 9.86. The van der Waals surface area contributed by atoms with Gasteiger partial charge in [-0.1, -0.05) is 32.9 Å². The largest absolute Gasteiger partial charge is 0.341 e. The van der Waals surface area contributed by atoms with Crippen LogP contribution in [0, 0.1) is 6.92 Å². The number of hydrogen-bond donors (Lipinski definition) is 1. The molecule has 0 atom stereocenters. The third-order valence-electron chi connectivity index (χ3n) is 2.96. The van der Waals surface area contributed by atoms with Crippen molar-refractivity contribution < 1.29 is 4.79 Å². The molecule has 0 aliphatic carbocycles. The highest BCUT2D eigenvalue weighted by molar-refractivity contribution is 5.92. The van der Waals surface area contributed by atoms with Crippen molar-refractivity contribution in [1.29, 1.82) is 0 Å². The molecular weight excluding hydrogens is 212 g/mol. The Bertz CT molecular complexity index is 419. The molecule has 2 amide bonds. The Balaban J connectivity index is 3.20. The van der Waals surface area contributed by atoms with Crippen molar-refractivity contribution in [3.05, 3.63) is 29.3 Å². The van der Waals surface area contributed by atoms with Gasteiger partial charge in [0.15, 0.2) is 0 Å². The minimum atomic E-state index is -0.0980. The van der Waals surface area contributed by atoms with Crippen molar-refractivity contribution in [1.82, 2.24) is 5.32 Å². The van der Waals surface area contributed by atoms with Crippen LogP contribution in [0.1, 0.15) is 31.9 Å². The molecule has 0 saturated heterocycles. The Labute approximate surface area is 104 Å². The lowest BCUT2D eigenvalue weighted by Crippen LogP contribution is -2.35. The van der Waals surface area contributed by atoms with Crippen LogP contribution in [-0.4, -0.2) is 20.1 Å². The van der Waals surface area contributed by atoms with Crippen LogP contribution in [0.2, 0.25) is 0 Å². The number of carbonyl (C=O) groups excluding carboxylic acids is 1. The van der Waals surface area contributed by atoms with Crippen LogP contribution in [0.5, 0.6) is 0 Å². The predicted octanol–water partition coefficient (Wildman–Crippen LogP) is 3.07. The van der Waals surface area contributed by atoms with Crippen LogP contribution in [-0.2, 0) is 5.41 Å². The van der Waals surface area contributed by atoms with Gasteiger partial charge in [-0.2, -0.15) is 0 Å². The Morgan fingerprint density at radius 2 is 1.88 bits per heavy atom. The summed E-state index contributed by atoms with van der Waals surface area (Å²) in [7, 11) is 3.43. The van der Waals surface area contributed by atoms with Crippen LogP contribution >= 0.6 is 0 Å². The molecule has 3 nitrogen and oxygen atoms in total. The zero-order valence-corrected chi connectivity index (χ0v) is 11.6. The lowest BCUT2D eigenvalue weighted by Gasteiger charge is -2.24. The van der Waals surface area contributed by atoms with Gasteiger partial charge in [0.25, 0.3) is 0 Å². The highest BCUT2D eigenvalue weighted by atomic mass is 16.2. The second kappa shape index (κ2) is 4.78. The molecule has 0 spiro atoms. The summed E-state index contributed by atoms with van der Waals surface area (Å²) >= 11 is 0. The standard InChI is InChI=1S/C14H22N2O/c1-10-7-8-11(14(2,3)4)9-12(10)16(6)13(17)15-5/h7-9H,1-6H3,(H,15,17). The first-order chi connectivity index (χ1) is 7.77. The zero-order valence-electron chi connectivity index (χ0n) is 11.6. The van der Waals surface area contributed by atoms with E-state index in [1.807, 2.05) is 6.92 Å². The summed E-state index contributed by atoms with van der Waals surface area (Å²) in [4.78, 5) is 13.3. The smallest absolute Gasteiger partial charge is 0.321 e. The van der Waals surface area contributed by atoms with Crippen molar-refractivity contribution in [2.24, 2.45) is 0 Å². The summed E-state index contributed by atoms with van der Waals surface area (Å²) in [5.41, 5.74) is 3.38. The summed E-state index contributed by atoms with van der Waals surface area (Å²) in [5.74, 6) is 0. The summed E-state index contributed by atoms with van der Waals surface area (Å²) in [6.07, 6.45) is 0. The first kappa shape index (κ1) is 13.6. The van der Waals surface area contributed by atoms with E-state index in [0.29, 0.717) is 0 Å². The van der Waals surface area contributed by atoms with Crippen LogP contribution in [0.25, 0.3) is 0 Å². The highest BCUT2D eigenvalue weighted by Gasteiger charge is 2.17. The molecule has 0 radical (unpaired) electrons. The molecule has 1 rings (SSSR count). The number of amides is 2. The molecule has 0 bridgehead atoms. The Hall–Kier alpha value is -1.51. The first-order valence-electron chi connectivity index (χ1n) is 5.84. The number of nitrogens with zero attached hydrogens (tertiary/aromatic N) is 1. The number of anilines is 1. The Kier molecular flexibility index (Phi) is 3.81. The van der Waals surface area contributed by atoms with Crippen molar-refractivity contribution in [3.63, 3.8) is 0 Å². The molecule has 0 heterocycles. The molecule has 17 heavy (non-hydrogen) atoms. The number of urea groups is 1. The van der Waals surface area contributed by atoms with Crippen LogP contribution in [0.4, 0.5) is 10.5 Å². The third kappa shape index (κ3) is 2.99. The van der Waals surface area contributed by atoms with Crippen molar-refractivity contribution in [3.8, 4) is 0 Å². The van der Waals surface area contributed by atoms with E-state index >= 15 is 0 Å². The van der Waals surface area contributed by atoms with Gasteiger partial charge in [0.2, 0.25) is 0 Å². The van der Waals surface area contributed by atoms with Crippen molar-refractivity contribution in [2.45, 2.75) is 33.1 Å². The summed E-state index contributed by atoms with van der Waals surface area (Å²) in [6.45, 7) is 8.52. The lowest BCUT2D eigenvalue weighted by molar-refractivity contribution is 0.249. The fourth-order valence-corrected chi connectivity index (χ4v) is 1.71. The van der Waals surface area contributed by atoms with Gasteiger partial charge in [-0.15, -0.1) is 0 Å². The van der Waals surface area contributed by atoms with E-state index in [1.54, 1.807) is 19.0 Å². The van der Waals surface area contributed by atoms with E-state index in [9.17, 15) is 4.79 Å². The summed E-state index contributed by atoms with van der Waals surface area (Å²) in [6, 6.07) is 6.18. The molecule has 0 aliphatic rings. The van der Waals surface area contributed by atoms with Crippen LogP contribution in [0.3, 0.4) is 0 Å². The predicted molar refractivity (Wildman–Crippen MR) is 72.7 cm³/mol. The van der Waals surface area contributed by atoms with Gasteiger partial charge >= 0.3 is 6.03 Å². The Morgan fingerprint density at radius 3 is 2.35 bits per heavy atom. The molecule has 1 aromatic rings. The maximum absolute atomic E-state index is 11.6. The SMILES string of the molecule is CNC(=O)N(C)c1cc(C(C)(C)C)ccc1C. The molecule has 0 unspecified atom stereocenters. The second-order valence-electron chi connectivity index (χ2n) is 5.37. The number of nitrogens with one attached hydrogen (secondary N) is 1. The van der Waals surface area contributed by atoms with E-state index < -0.39 is 0 Å². The van der Waals surface area contributed by atoms with Gasteiger partial charge in [-0.25, -0.2) is 4.79 Å². The number of rotatable bonds is 1. The van der Waals surface area contributed by atoms with E-state index in [1.165, 1.54) is 5.56 Å². The number of aryl methyl sites for hydroxylation is 1. The first-order valence-corrected chi connectivity index (χ1v) is 5.84. The van der Waals surface area contributed by atoms with E-state index in [0.717, 1.165) is 11.3 Å². The number of benzene rings is 1. The minimum Gasteiger partial charge on any atom is -0.341 e. The maximum Gasteiger partial charge on any atom is 0.321 e. The minimum absolute atomic E-state index is 0.0893. The monoisotopic (exact) mass is 234 g/mol. The molecule has 94 valence electrons. The van der Waals surface area contributed by atoms with Gasteiger partial charge in [0.1, 0.15) is 0 Å². The Morgan fingerprint density at radius 1 is 1.29 bits per heavy atom. The van der Waals surface area contributed by atoms with E-state index in [4.69, 9.17) is 0 Å². The topological polar surface area (TPSA) is 32.3 Å². The van der Waals surface area contributed by atoms with Gasteiger partial charge in [0.05, 0.1) is 0 Å². The summed E-state index contributed by atoms with van der Waals surface area (Å²) in [5, 5.41) is 2.64. The molecular formula is C14H22N2O. The molecule has 1 N–H and O–H groups in total. The van der Waals surface area contributed by atoms with E-state index in [-0.39, 0.29) is 11.4 Å². The van der Waals surface area contributed by atoms with E-state index in [2.05, 4.69) is 44.3 Å². The second-order valence-corrected chi connectivity index (χ2v) is 5.37.